The SMILES string of the molecule is COCCSCC(=O)OC(C)(C)C. The lowest BCUT2D eigenvalue weighted by Crippen LogP contribution is -2.25. The second-order valence-corrected chi connectivity index (χ2v) is 4.74. The monoisotopic (exact) mass is 206 g/mol. The van der Waals surface area contributed by atoms with E-state index < -0.39 is 0 Å². The molecule has 0 unspecified atom stereocenters. The predicted octanol–water partition coefficient (Wildman–Crippen LogP) is 1.71. The fourth-order valence-electron chi connectivity index (χ4n) is 0.669. The van der Waals surface area contributed by atoms with Crippen molar-refractivity contribution in [3.05, 3.63) is 0 Å². The van der Waals surface area contributed by atoms with Crippen molar-refractivity contribution in [3.8, 4) is 0 Å². The van der Waals surface area contributed by atoms with Gasteiger partial charge in [0.25, 0.3) is 0 Å². The maximum Gasteiger partial charge on any atom is 0.316 e. The van der Waals surface area contributed by atoms with Crippen molar-refractivity contribution in [2.45, 2.75) is 26.4 Å². The third kappa shape index (κ3) is 9.70. The summed E-state index contributed by atoms with van der Waals surface area (Å²) in [5, 5.41) is 0. The molecule has 0 N–H and O–H groups in total. The van der Waals surface area contributed by atoms with Crippen molar-refractivity contribution < 1.29 is 14.3 Å². The van der Waals surface area contributed by atoms with Crippen LogP contribution in [0.1, 0.15) is 20.8 Å². The Morgan fingerprint density at radius 1 is 1.38 bits per heavy atom. The van der Waals surface area contributed by atoms with Crippen LogP contribution in [0, 0.1) is 0 Å². The zero-order chi connectivity index (χ0) is 10.3. The zero-order valence-corrected chi connectivity index (χ0v) is 9.57. The van der Waals surface area contributed by atoms with Gasteiger partial charge in [-0.1, -0.05) is 0 Å². The molecule has 0 fully saturated rings. The van der Waals surface area contributed by atoms with E-state index in [1.165, 1.54) is 11.8 Å². The van der Waals surface area contributed by atoms with E-state index in [4.69, 9.17) is 9.47 Å². The van der Waals surface area contributed by atoms with Crippen molar-refractivity contribution in [3.63, 3.8) is 0 Å². The molecule has 0 aromatic rings. The second kappa shape index (κ2) is 6.27. The second-order valence-electron chi connectivity index (χ2n) is 3.63. The maximum atomic E-state index is 11.1. The first-order valence-corrected chi connectivity index (χ1v) is 5.39. The lowest BCUT2D eigenvalue weighted by Gasteiger charge is -2.19. The van der Waals surface area contributed by atoms with Gasteiger partial charge in [0.15, 0.2) is 0 Å². The number of esters is 1. The van der Waals surface area contributed by atoms with Gasteiger partial charge in [0.2, 0.25) is 0 Å². The van der Waals surface area contributed by atoms with Crippen molar-refractivity contribution in [1.82, 2.24) is 0 Å². The molecule has 78 valence electrons. The van der Waals surface area contributed by atoms with Crippen LogP contribution >= 0.6 is 11.8 Å². The smallest absolute Gasteiger partial charge is 0.316 e. The van der Waals surface area contributed by atoms with Gasteiger partial charge in [-0.3, -0.25) is 4.79 Å². The minimum absolute atomic E-state index is 0.159. The summed E-state index contributed by atoms with van der Waals surface area (Å²) in [5.74, 6) is 1.07. The Balaban J connectivity index is 3.41. The van der Waals surface area contributed by atoms with Gasteiger partial charge in [-0.15, -0.1) is 11.8 Å². The summed E-state index contributed by atoms with van der Waals surface area (Å²) in [6.07, 6.45) is 0. The minimum Gasteiger partial charge on any atom is -0.459 e. The number of thioether (sulfide) groups is 1. The van der Waals surface area contributed by atoms with Gasteiger partial charge in [0.05, 0.1) is 12.4 Å². The number of carbonyl (C=O) groups excluding carboxylic acids is 1. The highest BCUT2D eigenvalue weighted by atomic mass is 32.2. The standard InChI is InChI=1S/C9H18O3S/c1-9(2,3)12-8(10)7-13-6-5-11-4/h5-7H2,1-4H3. The first-order valence-electron chi connectivity index (χ1n) is 4.24. The van der Waals surface area contributed by atoms with E-state index in [9.17, 15) is 4.79 Å². The number of methoxy groups -OCH3 is 1. The highest BCUT2D eigenvalue weighted by Crippen LogP contribution is 2.09. The minimum atomic E-state index is -0.376. The number of hydrogen-bond acceptors (Lipinski definition) is 4. The molecule has 13 heavy (non-hydrogen) atoms. The molecule has 0 aliphatic rings. The summed E-state index contributed by atoms with van der Waals surface area (Å²) in [6.45, 7) is 6.27. The molecule has 0 saturated heterocycles. The average molecular weight is 206 g/mol. The normalized spacial score (nSPS) is 11.4. The number of rotatable bonds is 5. The Morgan fingerprint density at radius 3 is 2.46 bits per heavy atom. The highest BCUT2D eigenvalue weighted by molar-refractivity contribution is 7.99. The summed E-state index contributed by atoms with van der Waals surface area (Å²) < 4.78 is 9.97. The molecular weight excluding hydrogens is 188 g/mol. The lowest BCUT2D eigenvalue weighted by molar-refractivity contribution is -0.151. The quantitative estimate of drug-likeness (QED) is 0.507. The molecule has 0 amide bonds. The Morgan fingerprint density at radius 2 is 2.00 bits per heavy atom. The molecule has 0 radical (unpaired) electrons. The van der Waals surface area contributed by atoms with Crippen LogP contribution in [-0.2, 0) is 14.3 Å². The van der Waals surface area contributed by atoms with Crippen molar-refractivity contribution in [2.75, 3.05) is 25.2 Å². The Labute approximate surface area is 84.2 Å². The molecule has 0 spiro atoms. The Bertz CT molecular complexity index is 151. The first-order chi connectivity index (χ1) is 5.95. The fourth-order valence-corrected chi connectivity index (χ4v) is 1.32. The maximum absolute atomic E-state index is 11.1. The van der Waals surface area contributed by atoms with Crippen molar-refractivity contribution >= 4 is 17.7 Å². The van der Waals surface area contributed by atoms with E-state index in [0.29, 0.717) is 12.4 Å². The Hall–Kier alpha value is -0.220. The topological polar surface area (TPSA) is 35.5 Å². The number of ether oxygens (including phenoxy) is 2. The van der Waals surface area contributed by atoms with E-state index in [1.54, 1.807) is 7.11 Å². The van der Waals surface area contributed by atoms with E-state index in [2.05, 4.69) is 0 Å². The third-order valence-electron chi connectivity index (χ3n) is 1.07. The molecule has 0 rings (SSSR count). The third-order valence-corrected chi connectivity index (χ3v) is 1.97. The van der Waals surface area contributed by atoms with Crippen LogP contribution in [0.5, 0.6) is 0 Å². The predicted molar refractivity (Wildman–Crippen MR) is 55.0 cm³/mol. The molecule has 0 bridgehead atoms. The van der Waals surface area contributed by atoms with Gasteiger partial charge >= 0.3 is 5.97 Å². The lowest BCUT2D eigenvalue weighted by atomic mass is 10.2. The van der Waals surface area contributed by atoms with E-state index in [0.717, 1.165) is 5.75 Å². The van der Waals surface area contributed by atoms with Gasteiger partial charge in [0, 0.05) is 12.9 Å². The molecule has 0 heterocycles. The van der Waals surface area contributed by atoms with E-state index in [1.807, 2.05) is 20.8 Å². The van der Waals surface area contributed by atoms with Gasteiger partial charge < -0.3 is 9.47 Å². The molecule has 0 aromatic heterocycles. The zero-order valence-electron chi connectivity index (χ0n) is 8.75. The van der Waals surface area contributed by atoms with Crippen LogP contribution in [0.4, 0.5) is 0 Å². The summed E-state index contributed by atoms with van der Waals surface area (Å²) in [4.78, 5) is 11.1. The van der Waals surface area contributed by atoms with Crippen LogP contribution in [0.25, 0.3) is 0 Å². The highest BCUT2D eigenvalue weighted by Gasteiger charge is 2.15. The molecule has 0 aliphatic heterocycles. The molecule has 0 saturated carbocycles. The molecule has 3 nitrogen and oxygen atoms in total. The van der Waals surface area contributed by atoms with E-state index in [-0.39, 0.29) is 11.6 Å². The number of carbonyl (C=O) groups is 1. The largest absolute Gasteiger partial charge is 0.459 e. The van der Waals surface area contributed by atoms with Crippen LogP contribution < -0.4 is 0 Å². The molecule has 0 aromatic carbocycles. The molecule has 0 aliphatic carbocycles. The summed E-state index contributed by atoms with van der Waals surface area (Å²) in [6, 6.07) is 0. The molecular formula is C9H18O3S. The van der Waals surface area contributed by atoms with Crippen molar-refractivity contribution in [2.24, 2.45) is 0 Å². The van der Waals surface area contributed by atoms with Crippen LogP contribution in [-0.4, -0.2) is 36.8 Å². The van der Waals surface area contributed by atoms with Crippen LogP contribution in [0.2, 0.25) is 0 Å². The average Bonchev–Trinajstić information content (AvgIpc) is 1.94. The van der Waals surface area contributed by atoms with Crippen LogP contribution in [0.15, 0.2) is 0 Å². The molecule has 0 atom stereocenters. The summed E-state index contributed by atoms with van der Waals surface area (Å²) in [7, 11) is 1.65. The van der Waals surface area contributed by atoms with Gasteiger partial charge in [-0.2, -0.15) is 0 Å². The van der Waals surface area contributed by atoms with Gasteiger partial charge in [0.1, 0.15) is 5.60 Å². The van der Waals surface area contributed by atoms with Crippen molar-refractivity contribution in [1.29, 1.82) is 0 Å². The summed E-state index contributed by atoms with van der Waals surface area (Å²) >= 11 is 1.53. The Kier molecular flexibility index (Phi) is 6.16. The fraction of sp³-hybridized carbons (Fsp3) is 0.889. The molecule has 4 heteroatoms. The van der Waals surface area contributed by atoms with Gasteiger partial charge in [-0.25, -0.2) is 0 Å². The van der Waals surface area contributed by atoms with E-state index >= 15 is 0 Å². The summed E-state index contributed by atoms with van der Waals surface area (Å²) in [5.41, 5.74) is -0.376. The van der Waals surface area contributed by atoms with Crippen LogP contribution in [0.3, 0.4) is 0 Å². The first kappa shape index (κ1) is 12.8. The number of hydrogen-bond donors (Lipinski definition) is 0. The van der Waals surface area contributed by atoms with Gasteiger partial charge in [-0.05, 0) is 20.8 Å².